The molecule has 0 spiro atoms. The smallest absolute Gasteiger partial charge is 0.229 e. The molecule has 0 saturated heterocycles. The Morgan fingerprint density at radius 3 is 2.77 bits per heavy atom. The van der Waals surface area contributed by atoms with Gasteiger partial charge < -0.3 is 9.84 Å². The second kappa shape index (κ2) is 6.88. The highest BCUT2D eigenvalue weighted by Crippen LogP contribution is 2.30. The monoisotopic (exact) mass is 364 g/mol. The number of aryl methyl sites for hydroxylation is 1. The number of anilines is 1. The van der Waals surface area contributed by atoms with E-state index in [0.717, 1.165) is 22.3 Å². The van der Waals surface area contributed by atoms with E-state index in [1.165, 1.54) is 10.4 Å². The summed E-state index contributed by atoms with van der Waals surface area (Å²) in [4.78, 5) is 10.6. The number of fused-ring (bicyclic) bond motifs is 1. The van der Waals surface area contributed by atoms with Crippen molar-refractivity contribution in [3.63, 3.8) is 0 Å². The molecule has 3 aromatic heterocycles. The first kappa shape index (κ1) is 16.7. The Kier molecular flexibility index (Phi) is 4.42. The van der Waals surface area contributed by atoms with Crippen molar-refractivity contribution >= 4 is 28.1 Å². The molecule has 132 valence electrons. The lowest BCUT2D eigenvalue weighted by Crippen LogP contribution is -2.03. The lowest BCUT2D eigenvalue weighted by molar-refractivity contribution is 0.365. The summed E-state index contributed by atoms with van der Waals surface area (Å²) >= 11 is 1.72. The van der Waals surface area contributed by atoms with Crippen LogP contribution < -0.4 is 5.32 Å². The molecule has 0 atom stereocenters. The molecule has 0 aliphatic heterocycles. The number of rotatable bonds is 5. The van der Waals surface area contributed by atoms with Crippen molar-refractivity contribution in [2.45, 2.75) is 33.2 Å². The molecule has 26 heavy (non-hydrogen) atoms. The summed E-state index contributed by atoms with van der Waals surface area (Å²) in [6, 6.07) is 12.5. The SMILES string of the molecule is Cc1ccc2nc(NCc3cccs3)c(-c3noc(C(C)C)n3)cc2c1. The topological polar surface area (TPSA) is 63.8 Å². The van der Waals surface area contributed by atoms with E-state index in [4.69, 9.17) is 9.51 Å². The maximum atomic E-state index is 5.41. The van der Waals surface area contributed by atoms with E-state index in [-0.39, 0.29) is 5.92 Å². The van der Waals surface area contributed by atoms with Crippen LogP contribution in [0.25, 0.3) is 22.3 Å². The Morgan fingerprint density at radius 2 is 2.04 bits per heavy atom. The summed E-state index contributed by atoms with van der Waals surface area (Å²) in [7, 11) is 0. The molecule has 0 radical (unpaired) electrons. The number of aromatic nitrogens is 3. The molecule has 4 rings (SSSR count). The Balaban J connectivity index is 1.79. The van der Waals surface area contributed by atoms with Crippen LogP contribution in [0.5, 0.6) is 0 Å². The Labute approximate surface area is 156 Å². The quantitative estimate of drug-likeness (QED) is 0.514. The van der Waals surface area contributed by atoms with E-state index >= 15 is 0 Å². The zero-order valence-corrected chi connectivity index (χ0v) is 15.8. The number of nitrogens with zero attached hydrogens (tertiary/aromatic N) is 3. The molecular formula is C20H20N4OS. The normalized spacial score (nSPS) is 11.4. The highest BCUT2D eigenvalue weighted by molar-refractivity contribution is 7.09. The van der Waals surface area contributed by atoms with Gasteiger partial charge in [0.05, 0.1) is 17.6 Å². The maximum Gasteiger partial charge on any atom is 0.229 e. The van der Waals surface area contributed by atoms with Gasteiger partial charge in [-0.1, -0.05) is 36.7 Å². The predicted molar refractivity (Wildman–Crippen MR) is 106 cm³/mol. The number of hydrogen-bond donors (Lipinski definition) is 1. The van der Waals surface area contributed by atoms with Gasteiger partial charge in [-0.15, -0.1) is 11.3 Å². The Morgan fingerprint density at radius 1 is 1.15 bits per heavy atom. The summed E-state index contributed by atoms with van der Waals surface area (Å²) in [5.74, 6) is 2.16. The number of hydrogen-bond acceptors (Lipinski definition) is 6. The summed E-state index contributed by atoms with van der Waals surface area (Å²) in [5.41, 5.74) is 3.00. The highest BCUT2D eigenvalue weighted by Gasteiger charge is 2.17. The lowest BCUT2D eigenvalue weighted by atomic mass is 10.1. The van der Waals surface area contributed by atoms with E-state index in [1.807, 2.05) is 26.0 Å². The maximum absolute atomic E-state index is 5.41. The van der Waals surface area contributed by atoms with Gasteiger partial charge in [0.25, 0.3) is 0 Å². The van der Waals surface area contributed by atoms with Crippen LogP contribution in [-0.4, -0.2) is 15.1 Å². The zero-order chi connectivity index (χ0) is 18.1. The molecule has 0 fully saturated rings. The number of nitrogens with one attached hydrogen (secondary N) is 1. The van der Waals surface area contributed by atoms with Gasteiger partial charge in [0.1, 0.15) is 5.82 Å². The number of pyridine rings is 1. The minimum atomic E-state index is 0.189. The van der Waals surface area contributed by atoms with E-state index in [1.54, 1.807) is 11.3 Å². The highest BCUT2D eigenvalue weighted by atomic mass is 32.1. The van der Waals surface area contributed by atoms with Crippen LogP contribution in [0.2, 0.25) is 0 Å². The third-order valence-electron chi connectivity index (χ3n) is 4.16. The molecule has 0 aliphatic rings. The van der Waals surface area contributed by atoms with Crippen molar-refractivity contribution in [2.75, 3.05) is 5.32 Å². The van der Waals surface area contributed by atoms with Crippen molar-refractivity contribution in [3.8, 4) is 11.4 Å². The predicted octanol–water partition coefficient (Wildman–Crippen LogP) is 5.39. The first-order valence-corrected chi connectivity index (χ1v) is 9.50. The van der Waals surface area contributed by atoms with E-state index in [2.05, 4.69) is 52.0 Å². The largest absolute Gasteiger partial charge is 0.365 e. The van der Waals surface area contributed by atoms with Crippen molar-refractivity contribution in [2.24, 2.45) is 0 Å². The van der Waals surface area contributed by atoms with Crippen molar-refractivity contribution in [1.82, 2.24) is 15.1 Å². The molecule has 1 aromatic carbocycles. The van der Waals surface area contributed by atoms with Gasteiger partial charge in [-0.05, 0) is 36.6 Å². The summed E-state index contributed by atoms with van der Waals surface area (Å²) < 4.78 is 5.41. The first-order chi connectivity index (χ1) is 12.6. The summed E-state index contributed by atoms with van der Waals surface area (Å²) in [6.07, 6.45) is 0. The molecule has 5 nitrogen and oxygen atoms in total. The number of thiophene rings is 1. The fourth-order valence-corrected chi connectivity index (χ4v) is 3.41. The third-order valence-corrected chi connectivity index (χ3v) is 5.03. The third kappa shape index (κ3) is 3.32. The van der Waals surface area contributed by atoms with E-state index in [0.29, 0.717) is 18.3 Å². The average Bonchev–Trinajstić information content (AvgIpc) is 3.31. The average molecular weight is 364 g/mol. The van der Waals surface area contributed by atoms with E-state index in [9.17, 15) is 0 Å². The van der Waals surface area contributed by atoms with Gasteiger partial charge in [0, 0.05) is 16.2 Å². The molecule has 6 heteroatoms. The standard InChI is InChI=1S/C20H20N4OS/c1-12(2)20-23-19(24-25-20)16-10-14-9-13(3)6-7-17(14)22-18(16)21-11-15-5-4-8-26-15/h4-10,12H,11H2,1-3H3,(H,21,22). The molecule has 4 aromatic rings. The molecule has 0 amide bonds. The fraction of sp³-hybridized carbons (Fsp3) is 0.250. The minimum absolute atomic E-state index is 0.189. The van der Waals surface area contributed by atoms with Crippen LogP contribution in [-0.2, 0) is 6.54 Å². The van der Waals surface area contributed by atoms with Crippen molar-refractivity contribution in [1.29, 1.82) is 0 Å². The fourth-order valence-electron chi connectivity index (χ4n) is 2.76. The van der Waals surface area contributed by atoms with Crippen LogP contribution in [0, 0.1) is 6.92 Å². The molecule has 0 aliphatic carbocycles. The van der Waals surface area contributed by atoms with Crippen LogP contribution in [0.1, 0.15) is 36.1 Å². The second-order valence-corrected chi connectivity index (χ2v) is 7.66. The van der Waals surface area contributed by atoms with Gasteiger partial charge in [-0.3, -0.25) is 0 Å². The summed E-state index contributed by atoms with van der Waals surface area (Å²) in [5, 5.41) is 10.8. The van der Waals surface area contributed by atoms with Crippen LogP contribution >= 0.6 is 11.3 Å². The van der Waals surface area contributed by atoms with Crippen LogP contribution in [0.4, 0.5) is 5.82 Å². The number of benzene rings is 1. The van der Waals surface area contributed by atoms with Crippen LogP contribution in [0.15, 0.2) is 46.3 Å². The second-order valence-electron chi connectivity index (χ2n) is 6.62. The van der Waals surface area contributed by atoms with Gasteiger partial charge in [0.15, 0.2) is 0 Å². The molecule has 0 unspecified atom stereocenters. The van der Waals surface area contributed by atoms with Crippen molar-refractivity contribution in [3.05, 3.63) is 58.1 Å². The lowest BCUT2D eigenvalue weighted by Gasteiger charge is -2.10. The van der Waals surface area contributed by atoms with Gasteiger partial charge >= 0.3 is 0 Å². The first-order valence-electron chi connectivity index (χ1n) is 8.62. The molecule has 0 saturated carbocycles. The van der Waals surface area contributed by atoms with Crippen LogP contribution in [0.3, 0.4) is 0 Å². The van der Waals surface area contributed by atoms with Crippen molar-refractivity contribution < 1.29 is 4.52 Å². The van der Waals surface area contributed by atoms with E-state index < -0.39 is 0 Å². The Bertz CT molecular complexity index is 1040. The molecule has 0 bridgehead atoms. The molecule has 1 N–H and O–H groups in total. The summed E-state index contributed by atoms with van der Waals surface area (Å²) in [6.45, 7) is 6.86. The minimum Gasteiger partial charge on any atom is -0.365 e. The van der Waals surface area contributed by atoms with Gasteiger partial charge in [0.2, 0.25) is 11.7 Å². The zero-order valence-electron chi connectivity index (χ0n) is 15.0. The Hall–Kier alpha value is -2.73. The van der Waals surface area contributed by atoms with Gasteiger partial charge in [-0.2, -0.15) is 4.98 Å². The van der Waals surface area contributed by atoms with Gasteiger partial charge in [-0.25, -0.2) is 4.98 Å². The molecule has 3 heterocycles. The molecular weight excluding hydrogens is 344 g/mol.